The van der Waals surface area contributed by atoms with Crippen molar-refractivity contribution in [3.63, 3.8) is 0 Å². The molecule has 1 N–H and O–H groups in total. The van der Waals surface area contributed by atoms with Gasteiger partial charge in [-0.1, -0.05) is 89.6 Å². The first kappa shape index (κ1) is 24.6. The molecule has 0 aliphatic rings. The average molecular weight is 523 g/mol. The average Bonchev–Trinajstić information content (AvgIpc) is 2.87. The molecule has 0 fully saturated rings. The second-order valence-electron chi connectivity index (χ2n) is 7.54. The van der Waals surface area contributed by atoms with Gasteiger partial charge < -0.3 is 0 Å². The smallest absolute Gasteiger partial charge is 0.223 e. The highest BCUT2D eigenvalue weighted by atomic mass is 35.5. The second kappa shape index (κ2) is 11.3. The minimum Gasteiger partial charge on any atom is -0.295 e. The second-order valence-corrected chi connectivity index (χ2v) is 13.0. The molecule has 4 aromatic carbocycles. The summed E-state index contributed by atoms with van der Waals surface area (Å²) in [5.74, 6) is -0.169. The lowest BCUT2D eigenvalue weighted by molar-refractivity contribution is -0.118. The highest BCUT2D eigenvalue weighted by Gasteiger charge is 2.52. The maximum atomic E-state index is 12.6. The predicted molar refractivity (Wildman–Crippen MR) is 149 cm³/mol. The van der Waals surface area contributed by atoms with E-state index in [1.165, 1.54) is 18.7 Å². The van der Waals surface area contributed by atoms with E-state index in [1.807, 2.05) is 78.9 Å². The van der Waals surface area contributed by atoms with Crippen LogP contribution in [0.2, 0.25) is 5.02 Å². The van der Waals surface area contributed by atoms with Crippen LogP contribution < -0.4 is 21.2 Å². The highest BCUT2D eigenvalue weighted by molar-refractivity contribution is 8.06. The lowest BCUT2D eigenvalue weighted by atomic mass is 10.4. The van der Waals surface area contributed by atoms with Gasteiger partial charge in [0.2, 0.25) is 11.3 Å². The molecule has 0 unspecified atom stereocenters. The number of benzene rings is 4. The van der Waals surface area contributed by atoms with Gasteiger partial charge in [-0.3, -0.25) is 10.1 Å². The maximum Gasteiger partial charge on any atom is 0.223 e. The number of thioether (sulfide) groups is 1. The predicted octanol–water partition coefficient (Wildman–Crippen LogP) is 6.93. The SMILES string of the molecule is CC(=O)NC(=C(Cl)Sc1ccc(Cl)cc1)[P+](c1ccccc1)(c1ccccc1)c1ccccc1. The van der Waals surface area contributed by atoms with Crippen LogP contribution in [0.4, 0.5) is 0 Å². The summed E-state index contributed by atoms with van der Waals surface area (Å²) in [6.07, 6.45) is 0. The molecule has 4 rings (SSSR count). The fraction of sp³-hybridized carbons (Fsp3) is 0.0357. The number of nitrogens with one attached hydrogen (secondary N) is 1. The van der Waals surface area contributed by atoms with E-state index in [2.05, 4.69) is 41.7 Å². The number of hydrogen-bond acceptors (Lipinski definition) is 2. The first-order chi connectivity index (χ1) is 16.5. The molecular formula is C28H23Cl2NOPS+. The van der Waals surface area contributed by atoms with Crippen molar-refractivity contribution in [3.05, 3.63) is 130 Å². The monoisotopic (exact) mass is 522 g/mol. The molecule has 170 valence electrons. The Hall–Kier alpha value is -2.55. The summed E-state index contributed by atoms with van der Waals surface area (Å²) in [6, 6.07) is 38.4. The van der Waals surface area contributed by atoms with Crippen LogP contribution in [0.1, 0.15) is 6.92 Å². The molecule has 0 bridgehead atoms. The van der Waals surface area contributed by atoms with Crippen LogP contribution >= 0.6 is 42.2 Å². The minimum atomic E-state index is -2.55. The molecule has 0 aliphatic heterocycles. The van der Waals surface area contributed by atoms with Crippen molar-refractivity contribution in [1.82, 2.24) is 5.32 Å². The summed E-state index contributed by atoms with van der Waals surface area (Å²) >= 11 is 14.6. The number of hydrogen-bond donors (Lipinski definition) is 1. The van der Waals surface area contributed by atoms with Gasteiger partial charge in [-0.05, 0) is 60.7 Å². The first-order valence-corrected chi connectivity index (χ1v) is 14.0. The number of carbonyl (C=O) groups is 1. The van der Waals surface area contributed by atoms with Crippen molar-refractivity contribution in [2.75, 3.05) is 0 Å². The Morgan fingerprint density at radius 2 is 1.12 bits per heavy atom. The third kappa shape index (κ3) is 5.24. The fourth-order valence-electron chi connectivity index (χ4n) is 3.88. The third-order valence-corrected chi connectivity index (χ3v) is 11.3. The molecule has 0 radical (unpaired) electrons. The Morgan fingerprint density at radius 3 is 1.50 bits per heavy atom. The summed E-state index contributed by atoms with van der Waals surface area (Å²) in [4.78, 5) is 13.5. The van der Waals surface area contributed by atoms with Gasteiger partial charge in [0.25, 0.3) is 0 Å². The molecule has 0 aromatic heterocycles. The Bertz CT molecular complexity index is 1180. The molecule has 0 saturated heterocycles. The van der Waals surface area contributed by atoms with Crippen LogP contribution in [0.3, 0.4) is 0 Å². The van der Waals surface area contributed by atoms with Gasteiger partial charge in [-0.25, -0.2) is 0 Å². The largest absolute Gasteiger partial charge is 0.295 e. The molecule has 6 heteroatoms. The fourth-order valence-corrected chi connectivity index (χ4v) is 9.99. The molecule has 0 spiro atoms. The summed E-state index contributed by atoms with van der Waals surface area (Å²) in [5, 5.41) is 7.13. The molecule has 2 nitrogen and oxygen atoms in total. The molecular weight excluding hydrogens is 500 g/mol. The van der Waals surface area contributed by atoms with Gasteiger partial charge in [-0.2, -0.15) is 0 Å². The zero-order chi connectivity index (χ0) is 24.0. The van der Waals surface area contributed by atoms with Crippen molar-refractivity contribution < 1.29 is 4.79 Å². The van der Waals surface area contributed by atoms with Crippen LogP contribution in [0.15, 0.2) is 130 Å². The van der Waals surface area contributed by atoms with E-state index >= 15 is 0 Å². The third-order valence-electron chi connectivity index (χ3n) is 5.27. The van der Waals surface area contributed by atoms with Gasteiger partial charge in [-0.15, -0.1) is 0 Å². The van der Waals surface area contributed by atoms with Gasteiger partial charge in [0.05, 0.1) is 0 Å². The van der Waals surface area contributed by atoms with Crippen molar-refractivity contribution >= 4 is 64.0 Å². The minimum absolute atomic E-state index is 0.169. The number of rotatable bonds is 7. The van der Waals surface area contributed by atoms with Crippen LogP contribution in [0.5, 0.6) is 0 Å². The molecule has 34 heavy (non-hydrogen) atoms. The molecule has 0 saturated carbocycles. The van der Waals surface area contributed by atoms with E-state index in [0.717, 1.165) is 20.8 Å². The van der Waals surface area contributed by atoms with E-state index < -0.39 is 7.26 Å². The topological polar surface area (TPSA) is 29.1 Å². The molecule has 0 heterocycles. The van der Waals surface area contributed by atoms with Crippen molar-refractivity contribution in [2.45, 2.75) is 11.8 Å². The van der Waals surface area contributed by atoms with E-state index in [4.69, 9.17) is 23.2 Å². The maximum absolute atomic E-state index is 12.6. The Balaban J connectivity index is 2.07. The Morgan fingerprint density at radius 1 is 0.706 bits per heavy atom. The van der Waals surface area contributed by atoms with Crippen molar-refractivity contribution in [2.24, 2.45) is 0 Å². The van der Waals surface area contributed by atoms with E-state index in [9.17, 15) is 4.79 Å². The van der Waals surface area contributed by atoms with E-state index in [1.54, 1.807) is 0 Å². The van der Waals surface area contributed by atoms with Crippen molar-refractivity contribution in [3.8, 4) is 0 Å². The van der Waals surface area contributed by atoms with Crippen LogP contribution in [-0.4, -0.2) is 5.91 Å². The zero-order valence-corrected chi connectivity index (χ0v) is 21.7. The Kier molecular flexibility index (Phi) is 8.13. The summed E-state index contributed by atoms with van der Waals surface area (Å²) in [6.45, 7) is 1.52. The summed E-state index contributed by atoms with van der Waals surface area (Å²) < 4.78 is 0.516. The standard InChI is InChI=1S/C28H22Cl2NOPS/c1-21(32)31-28(27(30)34-26-19-17-22(29)18-20-26)33(23-11-5-2-6-12-23,24-13-7-3-8-14-24)25-15-9-4-10-16-25/h2-20H,1H3/p+1. The molecule has 1 amide bonds. The number of amides is 1. The normalized spacial score (nSPS) is 12.1. The molecule has 0 aliphatic carbocycles. The van der Waals surface area contributed by atoms with E-state index in [0.29, 0.717) is 14.8 Å². The lowest BCUT2D eigenvalue weighted by Gasteiger charge is -2.29. The highest BCUT2D eigenvalue weighted by Crippen LogP contribution is 2.63. The van der Waals surface area contributed by atoms with Gasteiger partial charge in [0, 0.05) is 16.8 Å². The number of carbonyl (C=O) groups excluding carboxylic acids is 1. The molecule has 4 aromatic rings. The van der Waals surface area contributed by atoms with Gasteiger partial charge >= 0.3 is 0 Å². The quantitative estimate of drug-likeness (QED) is 0.210. The van der Waals surface area contributed by atoms with Crippen LogP contribution in [0.25, 0.3) is 0 Å². The first-order valence-electron chi connectivity index (χ1n) is 10.7. The number of halogens is 2. The van der Waals surface area contributed by atoms with Crippen molar-refractivity contribution in [1.29, 1.82) is 0 Å². The van der Waals surface area contributed by atoms with Gasteiger partial charge in [0.1, 0.15) is 20.3 Å². The van der Waals surface area contributed by atoms with Crippen LogP contribution in [0, 0.1) is 0 Å². The summed E-state index contributed by atoms with van der Waals surface area (Å²) in [7, 11) is -2.55. The van der Waals surface area contributed by atoms with Crippen LogP contribution in [-0.2, 0) is 4.79 Å². The molecule has 0 atom stereocenters. The lowest BCUT2D eigenvalue weighted by Crippen LogP contribution is -2.38. The Labute approximate surface area is 215 Å². The summed E-state index contributed by atoms with van der Waals surface area (Å²) in [5.41, 5.74) is 0.713. The van der Waals surface area contributed by atoms with Gasteiger partial charge in [0.15, 0.2) is 7.26 Å². The van der Waals surface area contributed by atoms with E-state index in [-0.39, 0.29) is 5.91 Å². The zero-order valence-electron chi connectivity index (χ0n) is 18.5.